The van der Waals surface area contributed by atoms with E-state index in [0.29, 0.717) is 10.9 Å². The van der Waals surface area contributed by atoms with Gasteiger partial charge in [0.1, 0.15) is 5.69 Å². The Morgan fingerprint density at radius 2 is 2.06 bits per heavy atom. The first-order valence-corrected chi connectivity index (χ1v) is 6.06. The van der Waals surface area contributed by atoms with E-state index in [1.54, 1.807) is 0 Å². The van der Waals surface area contributed by atoms with Crippen molar-refractivity contribution in [1.29, 1.82) is 0 Å². The minimum absolute atomic E-state index is 0.296. The first-order valence-electron chi connectivity index (χ1n) is 5.26. The zero-order chi connectivity index (χ0) is 12.4. The van der Waals surface area contributed by atoms with Gasteiger partial charge in [0, 0.05) is 4.47 Å². The number of carbonyl (C=O) groups excluding carboxylic acids is 1. The molecule has 2 rings (SSSR count). The third kappa shape index (κ3) is 2.81. The lowest BCUT2D eigenvalue weighted by Crippen LogP contribution is -2.36. The molecule has 92 valence electrons. The Labute approximate surface area is 106 Å². The van der Waals surface area contributed by atoms with Gasteiger partial charge in [0.2, 0.25) is 5.91 Å². The van der Waals surface area contributed by atoms with Crippen LogP contribution in [0.1, 0.15) is 12.8 Å². The largest absolute Gasteiger partial charge is 0.320 e. The maximum Gasteiger partial charge on any atom is 0.241 e. The summed E-state index contributed by atoms with van der Waals surface area (Å²) >= 11 is 2.97. The zero-order valence-corrected chi connectivity index (χ0v) is 10.5. The minimum Gasteiger partial charge on any atom is -0.320 e. The highest BCUT2D eigenvalue weighted by molar-refractivity contribution is 9.10. The van der Waals surface area contributed by atoms with Gasteiger partial charge in [-0.25, -0.2) is 8.78 Å². The van der Waals surface area contributed by atoms with Crippen LogP contribution in [-0.4, -0.2) is 18.5 Å². The molecule has 1 amide bonds. The van der Waals surface area contributed by atoms with Crippen molar-refractivity contribution in [2.24, 2.45) is 0 Å². The van der Waals surface area contributed by atoms with Gasteiger partial charge >= 0.3 is 0 Å². The van der Waals surface area contributed by atoms with Crippen molar-refractivity contribution in [3.63, 3.8) is 0 Å². The first kappa shape index (κ1) is 12.4. The summed E-state index contributed by atoms with van der Waals surface area (Å²) < 4.78 is 27.2. The fraction of sp³-hybridized carbons (Fsp3) is 0.364. The van der Waals surface area contributed by atoms with Crippen LogP contribution in [0, 0.1) is 11.6 Å². The summed E-state index contributed by atoms with van der Waals surface area (Å²) in [6.45, 7) is 0.753. The minimum atomic E-state index is -0.789. The van der Waals surface area contributed by atoms with E-state index in [0.717, 1.165) is 25.1 Å². The van der Waals surface area contributed by atoms with Gasteiger partial charge < -0.3 is 10.6 Å². The molecule has 0 radical (unpaired) electrons. The van der Waals surface area contributed by atoms with Gasteiger partial charge in [-0.1, -0.05) is 15.9 Å². The summed E-state index contributed by atoms with van der Waals surface area (Å²) in [5.74, 6) is -1.98. The molecular formula is C11H11BrF2N2O. The van der Waals surface area contributed by atoms with Crippen LogP contribution in [-0.2, 0) is 4.79 Å². The van der Waals surface area contributed by atoms with Crippen molar-refractivity contribution < 1.29 is 13.6 Å². The summed E-state index contributed by atoms with van der Waals surface area (Å²) in [4.78, 5) is 11.7. The molecule has 1 fully saturated rings. The van der Waals surface area contributed by atoms with Crippen LogP contribution >= 0.6 is 15.9 Å². The number of nitrogens with one attached hydrogen (secondary N) is 2. The van der Waals surface area contributed by atoms with E-state index in [-0.39, 0.29) is 6.04 Å². The predicted octanol–water partition coefficient (Wildman–Crippen LogP) is 2.42. The first-order chi connectivity index (χ1) is 8.08. The van der Waals surface area contributed by atoms with Gasteiger partial charge in [0.05, 0.1) is 6.04 Å². The van der Waals surface area contributed by atoms with E-state index in [1.807, 2.05) is 0 Å². The fourth-order valence-electron chi connectivity index (χ4n) is 1.78. The molecule has 2 N–H and O–H groups in total. The number of carbonyl (C=O) groups is 1. The predicted molar refractivity (Wildman–Crippen MR) is 63.7 cm³/mol. The number of anilines is 1. The van der Waals surface area contributed by atoms with Crippen LogP contribution in [0.25, 0.3) is 0 Å². The van der Waals surface area contributed by atoms with Gasteiger partial charge in [-0.2, -0.15) is 0 Å². The molecule has 1 heterocycles. The lowest BCUT2D eigenvalue weighted by Gasteiger charge is -2.12. The summed E-state index contributed by atoms with van der Waals surface area (Å²) in [5, 5.41) is 5.24. The average molecular weight is 305 g/mol. The van der Waals surface area contributed by atoms with Crippen LogP contribution < -0.4 is 10.6 Å². The van der Waals surface area contributed by atoms with Crippen LogP contribution in [0.2, 0.25) is 0 Å². The van der Waals surface area contributed by atoms with Crippen molar-refractivity contribution in [2.45, 2.75) is 18.9 Å². The fourth-order valence-corrected chi connectivity index (χ4v) is 2.18. The molecule has 1 aliphatic heterocycles. The molecule has 1 aromatic rings. The van der Waals surface area contributed by atoms with E-state index in [4.69, 9.17) is 0 Å². The van der Waals surface area contributed by atoms with E-state index >= 15 is 0 Å². The highest BCUT2D eigenvalue weighted by Crippen LogP contribution is 2.24. The molecule has 1 aliphatic rings. The van der Waals surface area contributed by atoms with Crippen molar-refractivity contribution in [1.82, 2.24) is 5.32 Å². The van der Waals surface area contributed by atoms with Gasteiger partial charge in [0.25, 0.3) is 0 Å². The van der Waals surface area contributed by atoms with Gasteiger partial charge in [-0.3, -0.25) is 4.79 Å². The molecule has 1 aromatic carbocycles. The molecular weight excluding hydrogens is 294 g/mol. The molecule has 0 aromatic heterocycles. The second-order valence-corrected chi connectivity index (χ2v) is 4.80. The zero-order valence-electron chi connectivity index (χ0n) is 8.90. The van der Waals surface area contributed by atoms with Gasteiger partial charge in [-0.15, -0.1) is 0 Å². The highest BCUT2D eigenvalue weighted by atomic mass is 79.9. The maximum atomic E-state index is 13.5. The third-order valence-corrected chi connectivity index (χ3v) is 3.09. The van der Waals surface area contributed by atoms with Gasteiger partial charge in [0.15, 0.2) is 11.6 Å². The Morgan fingerprint density at radius 3 is 2.59 bits per heavy atom. The summed E-state index contributed by atoms with van der Waals surface area (Å²) in [6.07, 6.45) is 1.58. The van der Waals surface area contributed by atoms with Crippen LogP contribution in [0.15, 0.2) is 16.6 Å². The molecule has 6 heteroatoms. The number of hydrogen-bond donors (Lipinski definition) is 2. The number of amides is 1. The molecule has 1 saturated heterocycles. The molecule has 1 atom stereocenters. The van der Waals surface area contributed by atoms with E-state index < -0.39 is 23.2 Å². The maximum absolute atomic E-state index is 13.5. The van der Waals surface area contributed by atoms with Crippen LogP contribution in [0.5, 0.6) is 0 Å². The third-order valence-electron chi connectivity index (χ3n) is 2.63. The summed E-state index contributed by atoms with van der Waals surface area (Å²) in [5.41, 5.74) is -0.396. The molecule has 3 nitrogen and oxygen atoms in total. The molecule has 0 bridgehead atoms. The lowest BCUT2D eigenvalue weighted by atomic mass is 10.2. The number of hydrogen-bond acceptors (Lipinski definition) is 2. The normalized spacial score (nSPS) is 19.4. The van der Waals surface area contributed by atoms with Crippen LogP contribution in [0.3, 0.4) is 0 Å². The Hall–Kier alpha value is -1.01. The average Bonchev–Trinajstić information content (AvgIpc) is 2.76. The SMILES string of the molecule is O=C(Nc1c(F)cc(Br)cc1F)[C@H]1CCCN1. The number of halogens is 3. The Bertz CT molecular complexity index is 424. The highest BCUT2D eigenvalue weighted by Gasteiger charge is 2.24. The van der Waals surface area contributed by atoms with E-state index in [1.165, 1.54) is 0 Å². The molecule has 0 unspecified atom stereocenters. The molecule has 0 spiro atoms. The van der Waals surface area contributed by atoms with Gasteiger partial charge in [-0.05, 0) is 31.5 Å². The smallest absolute Gasteiger partial charge is 0.241 e. The monoisotopic (exact) mass is 304 g/mol. The molecule has 0 saturated carbocycles. The second kappa shape index (κ2) is 5.10. The Kier molecular flexibility index (Phi) is 3.73. The van der Waals surface area contributed by atoms with Crippen molar-refractivity contribution in [2.75, 3.05) is 11.9 Å². The Balaban J connectivity index is 2.15. The quantitative estimate of drug-likeness (QED) is 0.881. The molecule has 0 aliphatic carbocycles. The Morgan fingerprint density at radius 1 is 1.41 bits per heavy atom. The van der Waals surface area contributed by atoms with Crippen molar-refractivity contribution >= 4 is 27.5 Å². The number of rotatable bonds is 2. The second-order valence-electron chi connectivity index (χ2n) is 3.88. The van der Waals surface area contributed by atoms with E-state index in [2.05, 4.69) is 26.6 Å². The summed E-state index contributed by atoms with van der Waals surface area (Å²) in [6, 6.07) is 1.86. The lowest BCUT2D eigenvalue weighted by molar-refractivity contribution is -0.117. The standard InChI is InChI=1S/C11H11BrF2N2O/c12-6-4-7(13)10(8(14)5-6)16-11(17)9-2-1-3-15-9/h4-5,9,15H,1-3H2,(H,16,17)/t9-/m1/s1. The van der Waals surface area contributed by atoms with Crippen LogP contribution in [0.4, 0.5) is 14.5 Å². The topological polar surface area (TPSA) is 41.1 Å². The van der Waals surface area contributed by atoms with Crippen molar-refractivity contribution in [3.05, 3.63) is 28.2 Å². The summed E-state index contributed by atoms with van der Waals surface area (Å²) in [7, 11) is 0. The van der Waals surface area contributed by atoms with E-state index in [9.17, 15) is 13.6 Å². The molecule has 17 heavy (non-hydrogen) atoms. The van der Waals surface area contributed by atoms with Crippen molar-refractivity contribution in [3.8, 4) is 0 Å². The number of benzene rings is 1.